The zero-order valence-electron chi connectivity index (χ0n) is 6.63. The number of carbonyl (C=O) groups excluding carboxylic acids is 1. The Morgan fingerprint density at radius 2 is 2.10 bits per heavy atom. The van der Waals surface area contributed by atoms with Gasteiger partial charge in [-0.3, -0.25) is 4.79 Å². The highest BCUT2D eigenvalue weighted by Crippen LogP contribution is 2.01. The van der Waals surface area contributed by atoms with Gasteiger partial charge in [0.05, 0.1) is 6.10 Å². The first-order valence-corrected chi connectivity index (χ1v) is 3.37. The molecule has 10 heavy (non-hydrogen) atoms. The van der Waals surface area contributed by atoms with E-state index in [1.165, 1.54) is 6.92 Å². The molecular formula is C7H14O3. The van der Waals surface area contributed by atoms with Crippen LogP contribution in [0.15, 0.2) is 0 Å². The third-order valence-electron chi connectivity index (χ3n) is 1.04. The lowest BCUT2D eigenvalue weighted by Gasteiger charge is -2.12. The van der Waals surface area contributed by atoms with Crippen LogP contribution in [0.2, 0.25) is 0 Å². The number of hydrogen-bond acceptors (Lipinski definition) is 3. The maximum Gasteiger partial charge on any atom is 0.302 e. The molecule has 0 saturated heterocycles. The van der Waals surface area contributed by atoms with Crippen LogP contribution in [0.5, 0.6) is 0 Å². The van der Waals surface area contributed by atoms with Gasteiger partial charge in [-0.2, -0.15) is 0 Å². The van der Waals surface area contributed by atoms with E-state index >= 15 is 0 Å². The molecule has 0 rings (SSSR count). The first kappa shape index (κ1) is 9.43. The smallest absolute Gasteiger partial charge is 0.302 e. The van der Waals surface area contributed by atoms with Gasteiger partial charge in [0.1, 0.15) is 6.10 Å². The zero-order valence-corrected chi connectivity index (χ0v) is 6.63. The molecule has 1 N–H and O–H groups in total. The highest BCUT2D eigenvalue weighted by Gasteiger charge is 2.07. The quantitative estimate of drug-likeness (QED) is 0.596. The average molecular weight is 146 g/mol. The molecule has 0 heterocycles. The monoisotopic (exact) mass is 146 g/mol. The summed E-state index contributed by atoms with van der Waals surface area (Å²) in [6, 6.07) is 0. The summed E-state index contributed by atoms with van der Waals surface area (Å²) in [4.78, 5) is 10.3. The van der Waals surface area contributed by atoms with Crippen LogP contribution in [-0.4, -0.2) is 23.3 Å². The fraction of sp³-hybridized carbons (Fsp3) is 0.857. The van der Waals surface area contributed by atoms with Gasteiger partial charge in [-0.15, -0.1) is 0 Å². The standard InChI is InChI=1S/C7H14O3/c1-5(8)4-6(2)10-7(3)9/h5-6,8H,4H2,1-3H3/t5-,6+/m1/s1. The molecule has 0 aromatic carbocycles. The molecule has 0 aliphatic carbocycles. The minimum absolute atomic E-state index is 0.183. The number of aliphatic hydroxyl groups excluding tert-OH is 1. The van der Waals surface area contributed by atoms with E-state index in [2.05, 4.69) is 0 Å². The van der Waals surface area contributed by atoms with E-state index in [-0.39, 0.29) is 12.1 Å². The Hall–Kier alpha value is -0.570. The van der Waals surface area contributed by atoms with Crippen molar-refractivity contribution in [1.82, 2.24) is 0 Å². The van der Waals surface area contributed by atoms with Crippen LogP contribution in [-0.2, 0) is 9.53 Å². The van der Waals surface area contributed by atoms with Gasteiger partial charge >= 0.3 is 5.97 Å². The molecule has 0 spiro atoms. The van der Waals surface area contributed by atoms with Crippen molar-refractivity contribution in [2.45, 2.75) is 39.4 Å². The molecule has 2 atom stereocenters. The first-order chi connectivity index (χ1) is 4.52. The third-order valence-corrected chi connectivity index (χ3v) is 1.04. The van der Waals surface area contributed by atoms with Gasteiger partial charge in [0.2, 0.25) is 0 Å². The van der Waals surface area contributed by atoms with Gasteiger partial charge in [0.15, 0.2) is 0 Å². The molecule has 0 saturated carbocycles. The van der Waals surface area contributed by atoms with Crippen molar-refractivity contribution in [1.29, 1.82) is 0 Å². The molecule has 0 aromatic rings. The van der Waals surface area contributed by atoms with Gasteiger partial charge in [-0.25, -0.2) is 0 Å². The predicted molar refractivity (Wildman–Crippen MR) is 37.5 cm³/mol. The van der Waals surface area contributed by atoms with E-state index in [0.717, 1.165) is 0 Å². The van der Waals surface area contributed by atoms with Crippen LogP contribution in [0.3, 0.4) is 0 Å². The number of rotatable bonds is 3. The summed E-state index contributed by atoms with van der Waals surface area (Å²) in [5.74, 6) is -0.298. The number of esters is 1. The molecule has 0 bridgehead atoms. The third kappa shape index (κ3) is 5.56. The Bertz CT molecular complexity index is 109. The van der Waals surface area contributed by atoms with E-state index < -0.39 is 6.10 Å². The van der Waals surface area contributed by atoms with Crippen molar-refractivity contribution in [3.05, 3.63) is 0 Å². The molecule has 3 heteroatoms. The summed E-state index contributed by atoms with van der Waals surface area (Å²) in [6.07, 6.45) is -0.0913. The normalized spacial score (nSPS) is 16.0. The number of hydrogen-bond donors (Lipinski definition) is 1. The number of carbonyl (C=O) groups is 1. The molecule has 0 aliphatic rings. The van der Waals surface area contributed by atoms with Crippen molar-refractivity contribution in [3.8, 4) is 0 Å². The average Bonchev–Trinajstić information content (AvgIpc) is 1.58. The highest BCUT2D eigenvalue weighted by molar-refractivity contribution is 5.66. The van der Waals surface area contributed by atoms with Crippen LogP contribution in [0, 0.1) is 0 Å². The van der Waals surface area contributed by atoms with Gasteiger partial charge in [-0.05, 0) is 13.8 Å². The van der Waals surface area contributed by atoms with E-state index in [0.29, 0.717) is 6.42 Å². The van der Waals surface area contributed by atoms with Crippen LogP contribution in [0.4, 0.5) is 0 Å². The Morgan fingerprint density at radius 3 is 2.40 bits per heavy atom. The van der Waals surface area contributed by atoms with E-state index in [4.69, 9.17) is 9.84 Å². The second-order valence-electron chi connectivity index (χ2n) is 2.50. The minimum Gasteiger partial charge on any atom is -0.463 e. The predicted octanol–water partition coefficient (Wildman–Crippen LogP) is 0.709. The van der Waals surface area contributed by atoms with Crippen molar-refractivity contribution < 1.29 is 14.6 Å². The molecule has 0 radical (unpaired) electrons. The highest BCUT2D eigenvalue weighted by atomic mass is 16.5. The fourth-order valence-corrected chi connectivity index (χ4v) is 0.812. The Morgan fingerprint density at radius 1 is 1.60 bits per heavy atom. The van der Waals surface area contributed by atoms with E-state index in [9.17, 15) is 4.79 Å². The molecule has 0 aromatic heterocycles. The lowest BCUT2D eigenvalue weighted by molar-refractivity contribution is -0.146. The van der Waals surface area contributed by atoms with Gasteiger partial charge in [-0.1, -0.05) is 0 Å². The van der Waals surface area contributed by atoms with Crippen LogP contribution in [0.1, 0.15) is 27.2 Å². The molecule has 0 fully saturated rings. The van der Waals surface area contributed by atoms with Crippen molar-refractivity contribution in [2.75, 3.05) is 0 Å². The first-order valence-electron chi connectivity index (χ1n) is 3.37. The molecule has 0 aliphatic heterocycles. The second kappa shape index (κ2) is 4.28. The fourth-order valence-electron chi connectivity index (χ4n) is 0.812. The van der Waals surface area contributed by atoms with Gasteiger partial charge in [0.25, 0.3) is 0 Å². The zero-order chi connectivity index (χ0) is 8.15. The Balaban J connectivity index is 3.43. The summed E-state index contributed by atoms with van der Waals surface area (Å²) in [7, 11) is 0. The molecule has 0 unspecified atom stereocenters. The summed E-state index contributed by atoms with van der Waals surface area (Å²) >= 11 is 0. The Labute approximate surface area is 61.0 Å². The van der Waals surface area contributed by atoms with E-state index in [1.807, 2.05) is 0 Å². The minimum atomic E-state index is -0.408. The summed E-state index contributed by atoms with van der Waals surface area (Å²) < 4.78 is 4.76. The SMILES string of the molecule is CC(=O)O[C@@H](C)C[C@@H](C)O. The van der Waals surface area contributed by atoms with Crippen molar-refractivity contribution in [3.63, 3.8) is 0 Å². The molecule has 3 nitrogen and oxygen atoms in total. The number of aliphatic hydroxyl groups is 1. The number of ether oxygens (including phenoxy) is 1. The molecule has 60 valence electrons. The lowest BCUT2D eigenvalue weighted by atomic mass is 10.2. The molecular weight excluding hydrogens is 132 g/mol. The maximum atomic E-state index is 10.3. The largest absolute Gasteiger partial charge is 0.463 e. The van der Waals surface area contributed by atoms with Gasteiger partial charge in [0, 0.05) is 13.3 Å². The van der Waals surface area contributed by atoms with Crippen molar-refractivity contribution >= 4 is 5.97 Å². The van der Waals surface area contributed by atoms with E-state index in [1.54, 1.807) is 13.8 Å². The maximum absolute atomic E-state index is 10.3. The summed E-state index contributed by atoms with van der Waals surface area (Å²) in [6.45, 7) is 4.78. The second-order valence-corrected chi connectivity index (χ2v) is 2.50. The lowest BCUT2D eigenvalue weighted by Crippen LogP contribution is -2.17. The van der Waals surface area contributed by atoms with Crippen LogP contribution in [0.25, 0.3) is 0 Å². The Kier molecular flexibility index (Phi) is 4.03. The summed E-state index contributed by atoms with van der Waals surface area (Å²) in [5, 5.41) is 8.84. The van der Waals surface area contributed by atoms with Crippen molar-refractivity contribution in [2.24, 2.45) is 0 Å². The van der Waals surface area contributed by atoms with Gasteiger partial charge < -0.3 is 9.84 Å². The van der Waals surface area contributed by atoms with Crippen LogP contribution >= 0.6 is 0 Å². The van der Waals surface area contributed by atoms with Crippen LogP contribution < -0.4 is 0 Å². The summed E-state index contributed by atoms with van der Waals surface area (Å²) in [5.41, 5.74) is 0. The topological polar surface area (TPSA) is 46.5 Å². The molecule has 0 amide bonds.